The maximum atomic E-state index is 11.7. The van der Waals surface area contributed by atoms with E-state index < -0.39 is 0 Å². The Hall–Kier alpha value is -1.81. The van der Waals surface area contributed by atoms with Crippen molar-refractivity contribution in [2.75, 3.05) is 0 Å². The second-order valence-electron chi connectivity index (χ2n) is 4.68. The van der Waals surface area contributed by atoms with E-state index in [0.717, 1.165) is 37.1 Å². The van der Waals surface area contributed by atoms with Crippen molar-refractivity contribution in [3.63, 3.8) is 0 Å². The van der Waals surface area contributed by atoms with Gasteiger partial charge in [0.2, 0.25) is 0 Å². The van der Waals surface area contributed by atoms with E-state index in [2.05, 4.69) is 22.6 Å². The molecule has 4 heteroatoms. The Bertz CT molecular complexity index is 571. The molecule has 0 fully saturated rings. The van der Waals surface area contributed by atoms with Crippen molar-refractivity contribution in [3.05, 3.63) is 57.6 Å². The van der Waals surface area contributed by atoms with Crippen molar-refractivity contribution in [1.82, 2.24) is 10.5 Å². The SMILES string of the molecule is O=c1[nH]oc2c1C(NCc1ccccc1)CCC2. The van der Waals surface area contributed by atoms with Gasteiger partial charge in [-0.3, -0.25) is 4.79 Å². The fraction of sp³-hybridized carbons (Fsp3) is 0.357. The lowest BCUT2D eigenvalue weighted by Gasteiger charge is -2.21. The number of rotatable bonds is 3. The normalized spacial score (nSPS) is 18.6. The third kappa shape index (κ3) is 2.11. The van der Waals surface area contributed by atoms with Gasteiger partial charge in [0.25, 0.3) is 5.56 Å². The first kappa shape index (κ1) is 11.3. The van der Waals surface area contributed by atoms with Crippen molar-refractivity contribution in [2.24, 2.45) is 0 Å². The first-order valence-electron chi connectivity index (χ1n) is 6.32. The maximum Gasteiger partial charge on any atom is 0.284 e. The van der Waals surface area contributed by atoms with Crippen molar-refractivity contribution in [1.29, 1.82) is 0 Å². The molecule has 94 valence electrons. The van der Waals surface area contributed by atoms with Gasteiger partial charge >= 0.3 is 0 Å². The molecule has 0 saturated carbocycles. The average Bonchev–Trinajstić information content (AvgIpc) is 2.80. The fourth-order valence-corrected chi connectivity index (χ4v) is 2.53. The number of H-pyrrole nitrogens is 1. The van der Waals surface area contributed by atoms with Gasteiger partial charge in [0.1, 0.15) is 5.76 Å². The predicted octanol–water partition coefficient (Wildman–Crippen LogP) is 2.14. The second-order valence-corrected chi connectivity index (χ2v) is 4.68. The van der Waals surface area contributed by atoms with Gasteiger partial charge in [-0.2, -0.15) is 5.16 Å². The fourth-order valence-electron chi connectivity index (χ4n) is 2.53. The summed E-state index contributed by atoms with van der Waals surface area (Å²) in [5.41, 5.74) is 1.93. The minimum Gasteiger partial charge on any atom is -0.383 e. The average molecular weight is 244 g/mol. The highest BCUT2D eigenvalue weighted by Gasteiger charge is 2.26. The summed E-state index contributed by atoms with van der Waals surface area (Å²) in [4.78, 5) is 11.7. The maximum absolute atomic E-state index is 11.7. The number of aromatic amines is 1. The molecule has 0 saturated heterocycles. The number of hydrogen-bond acceptors (Lipinski definition) is 3. The van der Waals surface area contributed by atoms with Crippen molar-refractivity contribution < 1.29 is 4.52 Å². The van der Waals surface area contributed by atoms with Crippen molar-refractivity contribution >= 4 is 0 Å². The summed E-state index contributed by atoms with van der Waals surface area (Å²) in [7, 11) is 0. The second kappa shape index (κ2) is 4.82. The minimum atomic E-state index is -0.0877. The van der Waals surface area contributed by atoms with Crippen LogP contribution in [0, 0.1) is 0 Å². The highest BCUT2D eigenvalue weighted by atomic mass is 16.5. The van der Waals surface area contributed by atoms with Gasteiger partial charge in [0, 0.05) is 19.0 Å². The number of nitrogens with one attached hydrogen (secondary N) is 2. The molecule has 1 heterocycles. The Morgan fingerprint density at radius 3 is 3.00 bits per heavy atom. The molecule has 1 aliphatic carbocycles. The van der Waals surface area contributed by atoms with Gasteiger partial charge in [-0.1, -0.05) is 30.3 Å². The highest BCUT2D eigenvalue weighted by Crippen LogP contribution is 2.27. The molecule has 0 aliphatic heterocycles. The van der Waals surface area contributed by atoms with E-state index in [1.165, 1.54) is 5.56 Å². The smallest absolute Gasteiger partial charge is 0.284 e. The molecule has 1 aliphatic rings. The molecule has 4 nitrogen and oxygen atoms in total. The largest absolute Gasteiger partial charge is 0.383 e. The van der Waals surface area contributed by atoms with Gasteiger partial charge in [-0.25, -0.2) is 0 Å². The molecule has 3 rings (SSSR count). The molecule has 0 amide bonds. The van der Waals surface area contributed by atoms with E-state index in [-0.39, 0.29) is 11.6 Å². The molecule has 1 atom stereocenters. The quantitative estimate of drug-likeness (QED) is 0.869. The minimum absolute atomic E-state index is 0.0877. The zero-order valence-corrected chi connectivity index (χ0v) is 10.1. The van der Waals surface area contributed by atoms with Gasteiger partial charge in [0.05, 0.1) is 5.56 Å². The summed E-state index contributed by atoms with van der Waals surface area (Å²) in [6.45, 7) is 0.773. The lowest BCUT2D eigenvalue weighted by atomic mass is 9.93. The monoisotopic (exact) mass is 244 g/mol. The van der Waals surface area contributed by atoms with E-state index in [4.69, 9.17) is 4.52 Å². The van der Waals surface area contributed by atoms with Crippen LogP contribution in [0.2, 0.25) is 0 Å². The Kier molecular flexibility index (Phi) is 3.02. The summed E-state index contributed by atoms with van der Waals surface area (Å²) in [5.74, 6) is 0.816. The van der Waals surface area contributed by atoms with Gasteiger partial charge in [-0.15, -0.1) is 0 Å². The van der Waals surface area contributed by atoms with Crippen LogP contribution in [-0.2, 0) is 13.0 Å². The van der Waals surface area contributed by atoms with Crippen LogP contribution in [0.3, 0.4) is 0 Å². The molecule has 0 radical (unpaired) electrons. The number of aryl methyl sites for hydroxylation is 1. The molecule has 18 heavy (non-hydrogen) atoms. The number of fused-ring (bicyclic) bond motifs is 1. The van der Waals surface area contributed by atoms with E-state index in [0.29, 0.717) is 0 Å². The van der Waals surface area contributed by atoms with E-state index in [1.807, 2.05) is 18.2 Å². The lowest BCUT2D eigenvalue weighted by molar-refractivity contribution is 0.353. The molecule has 2 N–H and O–H groups in total. The van der Waals surface area contributed by atoms with Crippen molar-refractivity contribution in [2.45, 2.75) is 31.8 Å². The Balaban J connectivity index is 1.75. The molecular formula is C14H16N2O2. The molecule has 2 aromatic rings. The Morgan fingerprint density at radius 1 is 1.33 bits per heavy atom. The number of hydrogen-bond donors (Lipinski definition) is 2. The predicted molar refractivity (Wildman–Crippen MR) is 68.3 cm³/mol. The zero-order chi connectivity index (χ0) is 12.4. The summed E-state index contributed by atoms with van der Waals surface area (Å²) in [6, 6.07) is 10.3. The summed E-state index contributed by atoms with van der Waals surface area (Å²) in [5, 5.41) is 5.88. The standard InChI is InChI=1S/C14H16N2O2/c17-14-13-11(7-4-8-12(13)18-16-14)15-9-10-5-2-1-3-6-10/h1-3,5-6,11,15H,4,7-9H2,(H,16,17). The van der Waals surface area contributed by atoms with Crippen LogP contribution in [0.15, 0.2) is 39.6 Å². The molecule has 1 unspecified atom stereocenters. The van der Waals surface area contributed by atoms with Gasteiger partial charge < -0.3 is 9.84 Å². The van der Waals surface area contributed by atoms with Gasteiger partial charge in [-0.05, 0) is 18.4 Å². The van der Waals surface area contributed by atoms with Crippen LogP contribution in [0.1, 0.15) is 35.8 Å². The van der Waals surface area contributed by atoms with Gasteiger partial charge in [0.15, 0.2) is 0 Å². The number of benzene rings is 1. The summed E-state index contributed by atoms with van der Waals surface area (Å²) in [6.07, 6.45) is 2.90. The third-order valence-corrected chi connectivity index (χ3v) is 3.45. The Labute approximate surface area is 105 Å². The number of aromatic nitrogens is 1. The Morgan fingerprint density at radius 2 is 2.17 bits per heavy atom. The molecule has 0 spiro atoms. The third-order valence-electron chi connectivity index (χ3n) is 3.45. The first-order chi connectivity index (χ1) is 8.84. The lowest BCUT2D eigenvalue weighted by Crippen LogP contribution is -2.28. The zero-order valence-electron chi connectivity index (χ0n) is 10.1. The van der Waals surface area contributed by atoms with Crippen LogP contribution in [0.4, 0.5) is 0 Å². The van der Waals surface area contributed by atoms with Crippen LogP contribution >= 0.6 is 0 Å². The molecule has 1 aromatic heterocycles. The summed E-state index contributed by atoms with van der Waals surface area (Å²) < 4.78 is 5.19. The topological polar surface area (TPSA) is 58.0 Å². The molecular weight excluding hydrogens is 228 g/mol. The van der Waals surface area contributed by atoms with Crippen LogP contribution in [-0.4, -0.2) is 5.16 Å². The highest BCUT2D eigenvalue weighted by molar-refractivity contribution is 5.22. The van der Waals surface area contributed by atoms with E-state index >= 15 is 0 Å². The van der Waals surface area contributed by atoms with Crippen molar-refractivity contribution in [3.8, 4) is 0 Å². The molecule has 1 aromatic carbocycles. The van der Waals surface area contributed by atoms with Crippen LogP contribution < -0.4 is 10.9 Å². The van der Waals surface area contributed by atoms with E-state index in [1.54, 1.807) is 0 Å². The summed E-state index contributed by atoms with van der Waals surface area (Å²) >= 11 is 0. The molecule has 0 bridgehead atoms. The van der Waals surface area contributed by atoms with E-state index in [9.17, 15) is 4.79 Å². The van der Waals surface area contributed by atoms with Crippen LogP contribution in [0.5, 0.6) is 0 Å². The van der Waals surface area contributed by atoms with Crippen LogP contribution in [0.25, 0.3) is 0 Å². The first-order valence-corrected chi connectivity index (χ1v) is 6.32.